The molecule has 0 spiro atoms. The minimum absolute atomic E-state index is 0.190. The summed E-state index contributed by atoms with van der Waals surface area (Å²) in [7, 11) is 0. The average Bonchev–Trinajstić information content (AvgIpc) is 3.20. The van der Waals surface area contributed by atoms with E-state index in [0.29, 0.717) is 6.10 Å². The summed E-state index contributed by atoms with van der Waals surface area (Å²) in [6, 6.07) is 6.78. The van der Waals surface area contributed by atoms with Gasteiger partial charge < -0.3 is 4.74 Å². The van der Waals surface area contributed by atoms with Crippen LogP contribution >= 0.6 is 0 Å². The highest BCUT2D eigenvalue weighted by atomic mass is 19.1. The van der Waals surface area contributed by atoms with E-state index in [1.54, 1.807) is 0 Å². The van der Waals surface area contributed by atoms with E-state index in [-0.39, 0.29) is 5.82 Å². The first-order valence-electron chi connectivity index (χ1n) is 8.75. The summed E-state index contributed by atoms with van der Waals surface area (Å²) in [5.74, 6) is -0.190. The van der Waals surface area contributed by atoms with Gasteiger partial charge in [0.1, 0.15) is 5.82 Å². The van der Waals surface area contributed by atoms with Crippen molar-refractivity contribution in [3.05, 3.63) is 53.1 Å². The van der Waals surface area contributed by atoms with Crippen LogP contribution in [-0.2, 0) is 24.4 Å². The third-order valence-electron chi connectivity index (χ3n) is 4.70. The van der Waals surface area contributed by atoms with Crippen molar-refractivity contribution in [2.24, 2.45) is 0 Å². The van der Waals surface area contributed by atoms with Crippen LogP contribution in [-0.4, -0.2) is 33.9 Å². The van der Waals surface area contributed by atoms with Gasteiger partial charge in [0.05, 0.1) is 12.3 Å². The Balaban J connectivity index is 1.72. The summed E-state index contributed by atoms with van der Waals surface area (Å²) in [6.45, 7) is 8.49. The molecule has 0 amide bonds. The fourth-order valence-electron chi connectivity index (χ4n) is 3.31. The lowest BCUT2D eigenvalue weighted by molar-refractivity contribution is 0.0678. The first kappa shape index (κ1) is 17.1. The quantitative estimate of drug-likeness (QED) is 0.777. The Labute approximate surface area is 143 Å². The monoisotopic (exact) mass is 331 g/mol. The number of rotatable bonds is 7. The first-order chi connectivity index (χ1) is 11.7. The molecule has 0 unspecified atom stereocenters. The standard InChI is InChI=1S/C19H26FN3O/c1-3-23-15(2)17(11-21-23)13-22(14-19-5-4-10-24-19)12-16-6-8-18(20)9-7-16/h6-9,11,19H,3-5,10,12-14H2,1-2H3/t19-/m0/s1. The van der Waals surface area contributed by atoms with Crippen molar-refractivity contribution < 1.29 is 9.13 Å². The fraction of sp³-hybridized carbons (Fsp3) is 0.526. The molecule has 24 heavy (non-hydrogen) atoms. The molecule has 3 rings (SSSR count). The van der Waals surface area contributed by atoms with Gasteiger partial charge in [-0.25, -0.2) is 4.39 Å². The largest absolute Gasteiger partial charge is 0.377 e. The molecule has 1 saturated heterocycles. The van der Waals surface area contributed by atoms with Gasteiger partial charge >= 0.3 is 0 Å². The summed E-state index contributed by atoms with van der Waals surface area (Å²) in [4.78, 5) is 2.38. The van der Waals surface area contributed by atoms with Crippen molar-refractivity contribution in [3.8, 4) is 0 Å². The molecule has 1 aromatic carbocycles. The third-order valence-corrected chi connectivity index (χ3v) is 4.70. The summed E-state index contributed by atoms with van der Waals surface area (Å²) in [5, 5.41) is 4.45. The van der Waals surface area contributed by atoms with Gasteiger partial charge in [0.2, 0.25) is 0 Å². The normalized spacial score (nSPS) is 17.8. The number of halogens is 1. The van der Waals surface area contributed by atoms with Crippen LogP contribution in [0, 0.1) is 12.7 Å². The number of hydrogen-bond acceptors (Lipinski definition) is 3. The molecule has 0 bridgehead atoms. The smallest absolute Gasteiger partial charge is 0.123 e. The molecule has 0 radical (unpaired) electrons. The number of aryl methyl sites for hydroxylation is 1. The second-order valence-corrected chi connectivity index (χ2v) is 6.50. The zero-order chi connectivity index (χ0) is 16.9. The van der Waals surface area contributed by atoms with Crippen LogP contribution in [0.1, 0.15) is 36.6 Å². The maximum atomic E-state index is 13.1. The molecular weight excluding hydrogens is 305 g/mol. The van der Waals surface area contributed by atoms with E-state index in [9.17, 15) is 4.39 Å². The number of benzene rings is 1. The van der Waals surface area contributed by atoms with Crippen molar-refractivity contribution >= 4 is 0 Å². The third kappa shape index (κ3) is 4.22. The molecule has 5 heteroatoms. The molecule has 1 atom stereocenters. The fourth-order valence-corrected chi connectivity index (χ4v) is 3.31. The zero-order valence-corrected chi connectivity index (χ0v) is 14.5. The van der Waals surface area contributed by atoms with Crippen LogP contribution in [0.4, 0.5) is 4.39 Å². The van der Waals surface area contributed by atoms with E-state index in [1.807, 2.05) is 23.0 Å². The summed E-state index contributed by atoms with van der Waals surface area (Å²) in [5.41, 5.74) is 3.58. The lowest BCUT2D eigenvalue weighted by Gasteiger charge is -2.25. The molecule has 0 saturated carbocycles. The van der Waals surface area contributed by atoms with Gasteiger partial charge in [0, 0.05) is 44.0 Å². The predicted octanol–water partition coefficient (Wildman–Crippen LogP) is 3.53. The highest BCUT2D eigenvalue weighted by molar-refractivity contribution is 5.18. The molecule has 0 N–H and O–H groups in total. The highest BCUT2D eigenvalue weighted by Crippen LogP contribution is 2.18. The Bertz CT molecular complexity index is 647. The van der Waals surface area contributed by atoms with Gasteiger partial charge in [-0.1, -0.05) is 12.1 Å². The Kier molecular flexibility index (Phi) is 5.63. The molecule has 4 nitrogen and oxygen atoms in total. The Morgan fingerprint density at radius 2 is 2.08 bits per heavy atom. The molecule has 2 heterocycles. The molecule has 130 valence electrons. The molecular formula is C19H26FN3O. The molecule has 1 aliphatic heterocycles. The van der Waals surface area contributed by atoms with Gasteiger partial charge in [0.15, 0.2) is 0 Å². The van der Waals surface area contributed by atoms with Gasteiger partial charge in [-0.15, -0.1) is 0 Å². The minimum Gasteiger partial charge on any atom is -0.377 e. The van der Waals surface area contributed by atoms with Gasteiger partial charge in [-0.2, -0.15) is 5.10 Å². The lowest BCUT2D eigenvalue weighted by Crippen LogP contribution is -2.31. The summed E-state index contributed by atoms with van der Waals surface area (Å²) < 4.78 is 21.0. The lowest BCUT2D eigenvalue weighted by atomic mass is 10.1. The van der Waals surface area contributed by atoms with Gasteiger partial charge in [-0.05, 0) is 44.4 Å². The van der Waals surface area contributed by atoms with E-state index < -0.39 is 0 Å². The van der Waals surface area contributed by atoms with E-state index in [4.69, 9.17) is 4.74 Å². The van der Waals surface area contributed by atoms with Crippen LogP contribution in [0.3, 0.4) is 0 Å². The van der Waals surface area contributed by atoms with E-state index in [2.05, 4.69) is 23.8 Å². The van der Waals surface area contributed by atoms with Gasteiger partial charge in [-0.3, -0.25) is 9.58 Å². The second-order valence-electron chi connectivity index (χ2n) is 6.50. The Morgan fingerprint density at radius 1 is 1.29 bits per heavy atom. The SMILES string of the molecule is CCn1ncc(CN(Cc2ccc(F)cc2)C[C@@H]2CCCO2)c1C. The number of ether oxygens (including phenoxy) is 1. The topological polar surface area (TPSA) is 30.3 Å². The number of nitrogens with zero attached hydrogens (tertiary/aromatic N) is 3. The maximum Gasteiger partial charge on any atom is 0.123 e. The zero-order valence-electron chi connectivity index (χ0n) is 14.5. The first-order valence-corrected chi connectivity index (χ1v) is 8.75. The molecule has 1 aliphatic rings. The summed E-state index contributed by atoms with van der Waals surface area (Å²) in [6.07, 6.45) is 4.52. The van der Waals surface area contributed by atoms with Crippen molar-refractivity contribution in [1.29, 1.82) is 0 Å². The molecule has 2 aromatic rings. The van der Waals surface area contributed by atoms with Gasteiger partial charge in [0.25, 0.3) is 0 Å². The average molecular weight is 331 g/mol. The Morgan fingerprint density at radius 3 is 2.71 bits per heavy atom. The van der Waals surface area contributed by atoms with Crippen molar-refractivity contribution in [1.82, 2.24) is 14.7 Å². The maximum absolute atomic E-state index is 13.1. The molecule has 0 aliphatic carbocycles. The molecule has 1 aromatic heterocycles. The van der Waals surface area contributed by atoms with Crippen LogP contribution in [0.2, 0.25) is 0 Å². The second kappa shape index (κ2) is 7.90. The van der Waals surface area contributed by atoms with Crippen LogP contribution in [0.15, 0.2) is 30.5 Å². The Hall–Kier alpha value is -1.72. The van der Waals surface area contributed by atoms with Crippen molar-refractivity contribution in [2.75, 3.05) is 13.2 Å². The van der Waals surface area contributed by atoms with Crippen molar-refractivity contribution in [2.45, 2.75) is 52.4 Å². The van der Waals surface area contributed by atoms with E-state index in [1.165, 1.54) is 23.4 Å². The minimum atomic E-state index is -0.190. The summed E-state index contributed by atoms with van der Waals surface area (Å²) >= 11 is 0. The van der Waals surface area contributed by atoms with Crippen LogP contribution in [0.25, 0.3) is 0 Å². The highest BCUT2D eigenvalue weighted by Gasteiger charge is 2.20. The van der Waals surface area contributed by atoms with Crippen molar-refractivity contribution in [3.63, 3.8) is 0 Å². The number of aromatic nitrogens is 2. The van der Waals surface area contributed by atoms with E-state index in [0.717, 1.165) is 51.2 Å². The van der Waals surface area contributed by atoms with Crippen LogP contribution < -0.4 is 0 Å². The predicted molar refractivity (Wildman–Crippen MR) is 92.1 cm³/mol. The van der Waals surface area contributed by atoms with E-state index >= 15 is 0 Å². The number of hydrogen-bond donors (Lipinski definition) is 0. The molecule has 1 fully saturated rings. The van der Waals surface area contributed by atoms with Crippen LogP contribution in [0.5, 0.6) is 0 Å².